The number of aromatic nitrogens is 1. The average molecular weight is 219 g/mol. The average Bonchev–Trinajstić information content (AvgIpc) is 2.55. The first-order chi connectivity index (χ1) is 7.56. The van der Waals surface area contributed by atoms with Gasteiger partial charge in [-0.25, -0.2) is 4.79 Å². The number of nitrogens with one attached hydrogen (secondary N) is 1. The number of oxazole rings is 1. The van der Waals surface area contributed by atoms with Crippen LogP contribution in [0.1, 0.15) is 30.6 Å². The van der Waals surface area contributed by atoms with Crippen molar-refractivity contribution in [3.8, 4) is 0 Å². The molecule has 0 bridgehead atoms. The van der Waals surface area contributed by atoms with Crippen molar-refractivity contribution in [3.63, 3.8) is 0 Å². The number of rotatable bonds is 3. The maximum atomic E-state index is 11.8. The molecule has 4 heteroatoms. The normalized spacial score (nSPS) is 11.2. The van der Waals surface area contributed by atoms with E-state index in [1.807, 2.05) is 13.8 Å². The molecule has 0 unspecified atom stereocenters. The molecule has 84 valence electrons. The summed E-state index contributed by atoms with van der Waals surface area (Å²) in [7, 11) is 0. The van der Waals surface area contributed by atoms with Crippen molar-refractivity contribution in [1.29, 1.82) is 0 Å². The predicted octanol–water partition coefficient (Wildman–Crippen LogP) is 2.35. The molecule has 2 aromatic rings. The minimum absolute atomic E-state index is 0.0824. The Kier molecular flexibility index (Phi) is 2.64. The highest BCUT2D eigenvalue weighted by Crippen LogP contribution is 2.15. The SMILES string of the molecule is CC(C)CC(=O)c1ccc2oc(=O)[nH]c2c1. The zero-order valence-electron chi connectivity index (χ0n) is 9.24. The van der Waals surface area contributed by atoms with Crippen LogP contribution in [-0.2, 0) is 0 Å². The summed E-state index contributed by atoms with van der Waals surface area (Å²) in [6, 6.07) is 4.98. The van der Waals surface area contributed by atoms with Gasteiger partial charge < -0.3 is 4.42 Å². The number of fused-ring (bicyclic) bond motifs is 1. The van der Waals surface area contributed by atoms with Crippen LogP contribution in [-0.4, -0.2) is 10.8 Å². The van der Waals surface area contributed by atoms with Gasteiger partial charge in [0.1, 0.15) is 0 Å². The van der Waals surface area contributed by atoms with Crippen LogP contribution in [0.25, 0.3) is 11.1 Å². The summed E-state index contributed by atoms with van der Waals surface area (Å²) in [5.41, 5.74) is 1.66. The summed E-state index contributed by atoms with van der Waals surface area (Å²) in [6.45, 7) is 3.99. The molecule has 0 aliphatic heterocycles. The van der Waals surface area contributed by atoms with E-state index in [-0.39, 0.29) is 5.78 Å². The van der Waals surface area contributed by atoms with Crippen molar-refractivity contribution in [2.75, 3.05) is 0 Å². The topological polar surface area (TPSA) is 63.1 Å². The first-order valence-electron chi connectivity index (χ1n) is 5.22. The van der Waals surface area contributed by atoms with Crippen LogP contribution in [0.5, 0.6) is 0 Å². The molecular formula is C12H13NO3. The summed E-state index contributed by atoms with van der Waals surface area (Å²) in [6.07, 6.45) is 0.508. The fourth-order valence-corrected chi connectivity index (χ4v) is 1.61. The lowest BCUT2D eigenvalue weighted by Gasteiger charge is -2.03. The molecule has 0 aliphatic carbocycles. The van der Waals surface area contributed by atoms with Crippen LogP contribution >= 0.6 is 0 Å². The molecule has 0 saturated carbocycles. The molecule has 1 aromatic carbocycles. The first kappa shape index (κ1) is 10.7. The Hall–Kier alpha value is -1.84. The van der Waals surface area contributed by atoms with E-state index in [0.29, 0.717) is 29.0 Å². The standard InChI is InChI=1S/C12H13NO3/c1-7(2)5-10(14)8-3-4-11-9(6-8)13-12(15)16-11/h3-4,6-7H,5H2,1-2H3,(H,13,15). The van der Waals surface area contributed by atoms with Gasteiger partial charge in [-0.15, -0.1) is 0 Å². The number of H-pyrrole nitrogens is 1. The number of hydrogen-bond donors (Lipinski definition) is 1. The summed E-state index contributed by atoms with van der Waals surface area (Å²) < 4.78 is 4.86. The highest BCUT2D eigenvalue weighted by Gasteiger charge is 2.10. The van der Waals surface area contributed by atoms with Gasteiger partial charge in [0.15, 0.2) is 11.4 Å². The third-order valence-corrected chi connectivity index (χ3v) is 2.33. The molecule has 2 rings (SSSR count). The van der Waals surface area contributed by atoms with Gasteiger partial charge in [0, 0.05) is 12.0 Å². The molecule has 1 N–H and O–H groups in total. The van der Waals surface area contributed by atoms with Crippen molar-refractivity contribution >= 4 is 16.9 Å². The number of carbonyl (C=O) groups excluding carboxylic acids is 1. The number of benzene rings is 1. The Morgan fingerprint density at radius 1 is 1.44 bits per heavy atom. The molecule has 1 aromatic heterocycles. The maximum Gasteiger partial charge on any atom is 0.417 e. The van der Waals surface area contributed by atoms with Crippen molar-refractivity contribution in [2.24, 2.45) is 5.92 Å². The number of Topliss-reactive ketones (excluding diaryl/α,β-unsaturated/α-hetero) is 1. The highest BCUT2D eigenvalue weighted by molar-refractivity contribution is 5.98. The van der Waals surface area contributed by atoms with Gasteiger partial charge in [-0.1, -0.05) is 13.8 Å². The van der Waals surface area contributed by atoms with Gasteiger partial charge in [0.05, 0.1) is 5.52 Å². The number of hydrogen-bond acceptors (Lipinski definition) is 3. The fraction of sp³-hybridized carbons (Fsp3) is 0.333. The third kappa shape index (κ3) is 2.05. The van der Waals surface area contributed by atoms with Gasteiger partial charge in [0.2, 0.25) is 0 Å². The van der Waals surface area contributed by atoms with Gasteiger partial charge in [-0.2, -0.15) is 0 Å². The minimum atomic E-state index is -0.497. The highest BCUT2D eigenvalue weighted by atomic mass is 16.4. The van der Waals surface area contributed by atoms with E-state index in [1.54, 1.807) is 18.2 Å². The van der Waals surface area contributed by atoms with Gasteiger partial charge in [-0.05, 0) is 24.1 Å². The van der Waals surface area contributed by atoms with E-state index < -0.39 is 5.76 Å². The molecule has 4 nitrogen and oxygen atoms in total. The van der Waals surface area contributed by atoms with Crippen molar-refractivity contribution in [2.45, 2.75) is 20.3 Å². The molecule has 0 saturated heterocycles. The molecule has 16 heavy (non-hydrogen) atoms. The quantitative estimate of drug-likeness (QED) is 0.806. The molecule has 0 fully saturated rings. The molecule has 1 heterocycles. The zero-order valence-corrected chi connectivity index (χ0v) is 9.24. The van der Waals surface area contributed by atoms with Crippen molar-refractivity contribution < 1.29 is 9.21 Å². The van der Waals surface area contributed by atoms with Gasteiger partial charge >= 0.3 is 5.76 Å². The smallest absolute Gasteiger partial charge is 0.408 e. The zero-order chi connectivity index (χ0) is 11.7. The number of ketones is 1. The van der Waals surface area contributed by atoms with Crippen LogP contribution in [0.3, 0.4) is 0 Å². The lowest BCUT2D eigenvalue weighted by atomic mass is 10.0. The molecule has 0 spiro atoms. The maximum absolute atomic E-state index is 11.8. The Morgan fingerprint density at radius 3 is 2.88 bits per heavy atom. The number of aromatic amines is 1. The number of carbonyl (C=O) groups is 1. The second kappa shape index (κ2) is 3.96. The molecule has 0 amide bonds. The summed E-state index contributed by atoms with van der Waals surface area (Å²) >= 11 is 0. The van der Waals surface area contributed by atoms with Gasteiger partial charge in [-0.3, -0.25) is 9.78 Å². The lowest BCUT2D eigenvalue weighted by molar-refractivity contribution is 0.0968. The summed E-state index contributed by atoms with van der Waals surface area (Å²) in [5, 5.41) is 0. The predicted molar refractivity (Wildman–Crippen MR) is 60.6 cm³/mol. The van der Waals surface area contributed by atoms with Crippen LogP contribution in [0.4, 0.5) is 0 Å². The van der Waals surface area contributed by atoms with Gasteiger partial charge in [0.25, 0.3) is 0 Å². The van der Waals surface area contributed by atoms with Crippen molar-refractivity contribution in [1.82, 2.24) is 4.98 Å². The molecule has 0 aliphatic rings. The lowest BCUT2D eigenvalue weighted by Crippen LogP contribution is -2.03. The molecule has 0 atom stereocenters. The minimum Gasteiger partial charge on any atom is -0.408 e. The van der Waals surface area contributed by atoms with E-state index in [0.717, 1.165) is 0 Å². The Morgan fingerprint density at radius 2 is 2.19 bits per heavy atom. The molecular weight excluding hydrogens is 206 g/mol. The second-order valence-electron chi connectivity index (χ2n) is 4.25. The monoisotopic (exact) mass is 219 g/mol. The second-order valence-corrected chi connectivity index (χ2v) is 4.25. The Balaban J connectivity index is 2.38. The van der Waals surface area contributed by atoms with E-state index >= 15 is 0 Å². The van der Waals surface area contributed by atoms with E-state index in [4.69, 9.17) is 4.42 Å². The van der Waals surface area contributed by atoms with Crippen LogP contribution in [0, 0.1) is 5.92 Å². The van der Waals surface area contributed by atoms with E-state index in [2.05, 4.69) is 4.98 Å². The summed E-state index contributed by atoms with van der Waals surface area (Å²) in [5.74, 6) is -0.0889. The van der Waals surface area contributed by atoms with E-state index in [9.17, 15) is 9.59 Å². The third-order valence-electron chi connectivity index (χ3n) is 2.33. The van der Waals surface area contributed by atoms with E-state index in [1.165, 1.54) is 0 Å². The Labute approximate surface area is 92.3 Å². The molecule has 0 radical (unpaired) electrons. The van der Waals surface area contributed by atoms with Crippen molar-refractivity contribution in [3.05, 3.63) is 34.3 Å². The van der Waals surface area contributed by atoms with Crippen LogP contribution < -0.4 is 5.76 Å². The fourth-order valence-electron chi connectivity index (χ4n) is 1.61. The Bertz CT molecular complexity index is 577. The van der Waals surface area contributed by atoms with Crippen LogP contribution in [0.15, 0.2) is 27.4 Å². The first-order valence-corrected chi connectivity index (χ1v) is 5.22. The largest absolute Gasteiger partial charge is 0.417 e. The van der Waals surface area contributed by atoms with Crippen LogP contribution in [0.2, 0.25) is 0 Å². The summed E-state index contributed by atoms with van der Waals surface area (Å²) in [4.78, 5) is 25.3.